The number of ether oxygens (including phenoxy) is 2. The van der Waals surface area contributed by atoms with Crippen molar-refractivity contribution in [2.75, 3.05) is 13.2 Å². The second-order valence-corrected chi connectivity index (χ2v) is 7.52. The van der Waals surface area contributed by atoms with Gasteiger partial charge in [-0.25, -0.2) is 0 Å². The molecule has 1 spiro atoms. The van der Waals surface area contributed by atoms with Crippen LogP contribution < -0.4 is 5.73 Å². The second-order valence-electron chi connectivity index (χ2n) is 7.52. The van der Waals surface area contributed by atoms with E-state index in [1.54, 1.807) is 0 Å². The van der Waals surface area contributed by atoms with Crippen molar-refractivity contribution in [2.24, 2.45) is 16.6 Å². The van der Waals surface area contributed by atoms with Crippen LogP contribution in [-0.4, -0.2) is 30.8 Å². The molecule has 0 bridgehead atoms. The van der Waals surface area contributed by atoms with Crippen LogP contribution in [0.2, 0.25) is 0 Å². The Balaban J connectivity index is 2.13. The molecule has 0 aromatic rings. The lowest BCUT2D eigenvalue weighted by Crippen LogP contribution is -2.44. The van der Waals surface area contributed by atoms with Crippen LogP contribution >= 0.6 is 0 Å². The number of hydrogen-bond acceptors (Lipinski definition) is 4. The fraction of sp³-hybridized carbons (Fsp3) is 0.933. The molecule has 2 fully saturated rings. The minimum Gasteiger partial charge on any atom is -0.460 e. The summed E-state index contributed by atoms with van der Waals surface area (Å²) in [4.78, 5) is 12.5. The summed E-state index contributed by atoms with van der Waals surface area (Å²) in [5.41, 5.74) is 5.48. The zero-order valence-corrected chi connectivity index (χ0v) is 12.6. The van der Waals surface area contributed by atoms with Gasteiger partial charge in [-0.05, 0) is 58.8 Å². The normalized spacial score (nSPS) is 34.5. The third-order valence-corrected chi connectivity index (χ3v) is 4.63. The molecule has 0 radical (unpaired) electrons. The fourth-order valence-corrected chi connectivity index (χ4v) is 3.48. The summed E-state index contributed by atoms with van der Waals surface area (Å²) < 4.78 is 11.0. The standard InChI is InChI=1S/C15H27NO3/c1-13(2,3)19-12(17)14(4)10-15(9-11(14)16)5-7-18-8-6-15/h11H,5-10,16H2,1-4H3. The monoisotopic (exact) mass is 269 g/mol. The van der Waals surface area contributed by atoms with Crippen molar-refractivity contribution < 1.29 is 14.3 Å². The lowest BCUT2D eigenvalue weighted by atomic mass is 9.75. The molecule has 19 heavy (non-hydrogen) atoms. The van der Waals surface area contributed by atoms with E-state index in [-0.39, 0.29) is 17.4 Å². The molecule has 2 atom stereocenters. The van der Waals surface area contributed by atoms with Crippen molar-refractivity contribution in [1.82, 2.24) is 0 Å². The van der Waals surface area contributed by atoms with Crippen LogP contribution in [0.4, 0.5) is 0 Å². The van der Waals surface area contributed by atoms with Crippen molar-refractivity contribution in [1.29, 1.82) is 0 Å². The highest BCUT2D eigenvalue weighted by atomic mass is 16.6. The fourth-order valence-electron chi connectivity index (χ4n) is 3.48. The topological polar surface area (TPSA) is 61.5 Å². The molecule has 2 unspecified atom stereocenters. The van der Waals surface area contributed by atoms with E-state index < -0.39 is 11.0 Å². The number of esters is 1. The van der Waals surface area contributed by atoms with Gasteiger partial charge in [0.05, 0.1) is 5.41 Å². The van der Waals surface area contributed by atoms with Crippen molar-refractivity contribution in [2.45, 2.75) is 65.0 Å². The summed E-state index contributed by atoms with van der Waals surface area (Å²) in [5.74, 6) is -0.143. The van der Waals surface area contributed by atoms with Crippen LogP contribution in [0.1, 0.15) is 53.4 Å². The van der Waals surface area contributed by atoms with E-state index in [2.05, 4.69) is 0 Å². The highest BCUT2D eigenvalue weighted by molar-refractivity contribution is 5.78. The largest absolute Gasteiger partial charge is 0.460 e. The van der Waals surface area contributed by atoms with E-state index in [0.717, 1.165) is 38.9 Å². The van der Waals surface area contributed by atoms with Gasteiger partial charge in [0.25, 0.3) is 0 Å². The summed E-state index contributed by atoms with van der Waals surface area (Å²) in [6.45, 7) is 9.25. The van der Waals surface area contributed by atoms with Crippen molar-refractivity contribution in [3.63, 3.8) is 0 Å². The van der Waals surface area contributed by atoms with Gasteiger partial charge >= 0.3 is 5.97 Å². The molecule has 2 aliphatic rings. The molecule has 1 heterocycles. The number of rotatable bonds is 1. The van der Waals surface area contributed by atoms with Gasteiger partial charge in [-0.2, -0.15) is 0 Å². The Bertz CT molecular complexity index is 355. The molecular formula is C15H27NO3. The van der Waals surface area contributed by atoms with Gasteiger partial charge < -0.3 is 15.2 Å². The third kappa shape index (κ3) is 2.95. The van der Waals surface area contributed by atoms with Crippen LogP contribution in [0.5, 0.6) is 0 Å². The SMILES string of the molecule is CC(C)(C)OC(=O)C1(C)CC2(CCOCC2)CC1N. The molecule has 1 aliphatic carbocycles. The molecule has 4 nitrogen and oxygen atoms in total. The molecule has 4 heteroatoms. The first-order valence-corrected chi connectivity index (χ1v) is 7.24. The van der Waals surface area contributed by atoms with Crippen molar-refractivity contribution >= 4 is 5.97 Å². The van der Waals surface area contributed by atoms with E-state index >= 15 is 0 Å². The Morgan fingerprint density at radius 3 is 2.42 bits per heavy atom. The number of hydrogen-bond donors (Lipinski definition) is 1. The van der Waals surface area contributed by atoms with Crippen molar-refractivity contribution in [3.8, 4) is 0 Å². The minimum absolute atomic E-state index is 0.111. The average molecular weight is 269 g/mol. The Kier molecular flexibility index (Phi) is 3.69. The Labute approximate surface area is 116 Å². The van der Waals surface area contributed by atoms with Gasteiger partial charge in [0.15, 0.2) is 0 Å². The van der Waals surface area contributed by atoms with E-state index in [0.29, 0.717) is 0 Å². The van der Waals surface area contributed by atoms with E-state index in [1.165, 1.54) is 0 Å². The average Bonchev–Trinajstić information content (AvgIpc) is 2.50. The first-order valence-electron chi connectivity index (χ1n) is 7.24. The second kappa shape index (κ2) is 4.74. The lowest BCUT2D eigenvalue weighted by molar-refractivity contribution is -0.167. The van der Waals surface area contributed by atoms with Crippen molar-refractivity contribution in [3.05, 3.63) is 0 Å². The molecule has 0 amide bonds. The molecule has 1 saturated heterocycles. The van der Waals surface area contributed by atoms with E-state index in [4.69, 9.17) is 15.2 Å². The Hall–Kier alpha value is -0.610. The first kappa shape index (κ1) is 14.8. The Morgan fingerprint density at radius 1 is 1.32 bits per heavy atom. The number of carbonyl (C=O) groups is 1. The summed E-state index contributed by atoms with van der Waals surface area (Å²) in [5, 5.41) is 0. The molecule has 1 aliphatic heterocycles. The quantitative estimate of drug-likeness (QED) is 0.742. The summed E-state index contributed by atoms with van der Waals surface area (Å²) >= 11 is 0. The molecule has 2 rings (SSSR count). The van der Waals surface area contributed by atoms with Crippen LogP contribution in [0.25, 0.3) is 0 Å². The Morgan fingerprint density at radius 2 is 1.89 bits per heavy atom. The minimum atomic E-state index is -0.551. The van der Waals surface area contributed by atoms with Gasteiger partial charge in [-0.15, -0.1) is 0 Å². The predicted molar refractivity (Wildman–Crippen MR) is 73.6 cm³/mol. The summed E-state index contributed by atoms with van der Waals surface area (Å²) in [7, 11) is 0. The molecule has 0 aromatic carbocycles. The van der Waals surface area contributed by atoms with Crippen LogP contribution in [0.3, 0.4) is 0 Å². The highest BCUT2D eigenvalue weighted by Crippen LogP contribution is 2.54. The van der Waals surface area contributed by atoms with Crippen LogP contribution in [0, 0.1) is 10.8 Å². The zero-order valence-electron chi connectivity index (χ0n) is 12.6. The van der Waals surface area contributed by atoms with Gasteiger partial charge in [-0.1, -0.05) is 0 Å². The van der Waals surface area contributed by atoms with E-state index in [1.807, 2.05) is 27.7 Å². The smallest absolute Gasteiger partial charge is 0.313 e. The van der Waals surface area contributed by atoms with Gasteiger partial charge in [-0.3, -0.25) is 4.79 Å². The predicted octanol–water partition coefficient (Wildman–Crippen LogP) is 2.25. The molecule has 2 N–H and O–H groups in total. The zero-order chi connectivity index (χ0) is 14.3. The van der Waals surface area contributed by atoms with Crippen LogP contribution in [-0.2, 0) is 14.3 Å². The van der Waals surface area contributed by atoms with Gasteiger partial charge in [0.1, 0.15) is 5.60 Å². The van der Waals surface area contributed by atoms with Gasteiger partial charge in [0.2, 0.25) is 0 Å². The van der Waals surface area contributed by atoms with E-state index in [9.17, 15) is 4.79 Å². The third-order valence-electron chi connectivity index (χ3n) is 4.63. The first-order chi connectivity index (χ1) is 8.67. The maximum Gasteiger partial charge on any atom is 0.313 e. The highest BCUT2D eigenvalue weighted by Gasteiger charge is 2.56. The molecule has 1 saturated carbocycles. The molecular weight excluding hydrogens is 242 g/mol. The number of carbonyl (C=O) groups excluding carboxylic acids is 1. The number of nitrogens with two attached hydrogens (primary N) is 1. The summed E-state index contributed by atoms with van der Waals surface area (Å²) in [6, 6.07) is -0.111. The maximum atomic E-state index is 12.5. The molecule has 0 aromatic heterocycles. The lowest BCUT2D eigenvalue weighted by Gasteiger charge is -2.35. The maximum absolute atomic E-state index is 12.5. The van der Waals surface area contributed by atoms with Crippen LogP contribution in [0.15, 0.2) is 0 Å². The summed E-state index contributed by atoms with van der Waals surface area (Å²) in [6.07, 6.45) is 3.77. The van der Waals surface area contributed by atoms with Gasteiger partial charge in [0, 0.05) is 19.3 Å². The molecule has 110 valence electrons.